The van der Waals surface area contributed by atoms with Crippen LogP contribution in [0.5, 0.6) is 0 Å². The van der Waals surface area contributed by atoms with Crippen molar-refractivity contribution in [3.8, 4) is 0 Å². The summed E-state index contributed by atoms with van der Waals surface area (Å²) in [4.78, 5) is 11.3. The van der Waals surface area contributed by atoms with Gasteiger partial charge < -0.3 is 19.0 Å². The van der Waals surface area contributed by atoms with E-state index < -0.39 is 20.2 Å². The van der Waals surface area contributed by atoms with E-state index in [9.17, 15) is 9.90 Å². The van der Waals surface area contributed by atoms with Crippen LogP contribution in [0.25, 0.3) is 0 Å². The van der Waals surface area contributed by atoms with Crippen LogP contribution in [-0.2, 0) is 25.1 Å². The Bertz CT molecular complexity index is 793. The standard InChI is InChI=1S/C29H50O5Si/c1-22(27(30)31)19-23-13-11-14-24(20-23)25(34-26-16-9-10-18-32-26)15-12-17-29(5,6)21-33-35(7,8)28(2,3)4/h11,13-14,20,22,25-26H,9-10,12,15-19,21H2,1-8H3,(H,30,31)/t22-,25?,26?/m1/s1. The van der Waals surface area contributed by atoms with Gasteiger partial charge in [-0.05, 0) is 79.6 Å². The zero-order valence-electron chi connectivity index (χ0n) is 23.5. The first kappa shape index (κ1) is 30.0. The second-order valence-corrected chi connectivity index (χ2v) is 17.5. The highest BCUT2D eigenvalue weighted by Gasteiger charge is 2.38. The van der Waals surface area contributed by atoms with E-state index in [-0.39, 0.29) is 22.8 Å². The van der Waals surface area contributed by atoms with Gasteiger partial charge in [-0.2, -0.15) is 0 Å². The fourth-order valence-electron chi connectivity index (χ4n) is 4.11. The van der Waals surface area contributed by atoms with Gasteiger partial charge in [-0.15, -0.1) is 0 Å². The third kappa shape index (κ3) is 9.99. The molecule has 1 N–H and O–H groups in total. The minimum Gasteiger partial charge on any atom is -0.481 e. The van der Waals surface area contributed by atoms with Crippen molar-refractivity contribution < 1.29 is 23.8 Å². The lowest BCUT2D eigenvalue weighted by atomic mass is 9.87. The van der Waals surface area contributed by atoms with Crippen LogP contribution in [0, 0.1) is 11.3 Å². The Balaban J connectivity index is 2.05. The van der Waals surface area contributed by atoms with Crippen molar-refractivity contribution in [2.45, 2.75) is 117 Å². The van der Waals surface area contributed by atoms with Gasteiger partial charge in [0.25, 0.3) is 0 Å². The average Bonchev–Trinajstić information content (AvgIpc) is 2.77. The lowest BCUT2D eigenvalue weighted by molar-refractivity contribution is -0.191. The van der Waals surface area contributed by atoms with Gasteiger partial charge in [-0.3, -0.25) is 4.79 Å². The fourth-order valence-corrected chi connectivity index (χ4v) is 5.29. The minimum absolute atomic E-state index is 0.0599. The maximum Gasteiger partial charge on any atom is 0.306 e. The van der Waals surface area contributed by atoms with Crippen LogP contribution >= 0.6 is 0 Å². The molecule has 1 aromatic rings. The summed E-state index contributed by atoms with van der Waals surface area (Å²) in [5.41, 5.74) is 2.25. The summed E-state index contributed by atoms with van der Waals surface area (Å²) < 4.78 is 18.9. The smallest absolute Gasteiger partial charge is 0.306 e. The molecule has 0 radical (unpaired) electrons. The van der Waals surface area contributed by atoms with Crippen molar-refractivity contribution in [1.82, 2.24) is 0 Å². The Labute approximate surface area is 215 Å². The summed E-state index contributed by atoms with van der Waals surface area (Å²) >= 11 is 0. The van der Waals surface area contributed by atoms with Gasteiger partial charge in [0.1, 0.15) is 0 Å². The van der Waals surface area contributed by atoms with Crippen molar-refractivity contribution in [2.24, 2.45) is 11.3 Å². The lowest BCUT2D eigenvalue weighted by Gasteiger charge is -2.39. The molecule has 1 aliphatic rings. The van der Waals surface area contributed by atoms with E-state index in [1.54, 1.807) is 6.92 Å². The maximum absolute atomic E-state index is 11.3. The van der Waals surface area contributed by atoms with Gasteiger partial charge in [-0.25, -0.2) is 0 Å². The Hall–Kier alpha value is -1.21. The predicted octanol–water partition coefficient (Wildman–Crippen LogP) is 7.75. The van der Waals surface area contributed by atoms with Crippen LogP contribution in [0.2, 0.25) is 18.1 Å². The first-order valence-electron chi connectivity index (χ1n) is 13.4. The largest absolute Gasteiger partial charge is 0.481 e. The molecule has 0 spiro atoms. The molecule has 0 amide bonds. The van der Waals surface area contributed by atoms with Crippen LogP contribution in [0.15, 0.2) is 24.3 Å². The van der Waals surface area contributed by atoms with Gasteiger partial charge in [0, 0.05) is 13.2 Å². The second kappa shape index (κ2) is 12.8. The van der Waals surface area contributed by atoms with Crippen molar-refractivity contribution in [1.29, 1.82) is 0 Å². The first-order chi connectivity index (χ1) is 16.2. The fraction of sp³-hybridized carbons (Fsp3) is 0.759. The summed E-state index contributed by atoms with van der Waals surface area (Å²) in [6.45, 7) is 19.4. The quantitative estimate of drug-likeness (QED) is 0.277. The Morgan fingerprint density at radius 2 is 1.91 bits per heavy atom. The van der Waals surface area contributed by atoms with Gasteiger partial charge in [0.15, 0.2) is 14.6 Å². The molecule has 2 rings (SSSR count). The normalized spacial score (nSPS) is 19.4. The summed E-state index contributed by atoms with van der Waals surface area (Å²) in [5, 5.41) is 9.53. The molecule has 0 aromatic heterocycles. The summed E-state index contributed by atoms with van der Waals surface area (Å²) in [5.74, 6) is -1.17. The van der Waals surface area contributed by atoms with Crippen LogP contribution in [0.4, 0.5) is 0 Å². The highest BCUT2D eigenvalue weighted by molar-refractivity contribution is 6.74. The predicted molar refractivity (Wildman–Crippen MR) is 145 cm³/mol. The van der Waals surface area contributed by atoms with E-state index >= 15 is 0 Å². The number of ether oxygens (including phenoxy) is 2. The van der Waals surface area contributed by atoms with Gasteiger partial charge in [-0.1, -0.05) is 65.8 Å². The number of benzene rings is 1. The number of carboxylic acids is 1. The molecular weight excluding hydrogens is 456 g/mol. The van der Waals surface area contributed by atoms with Crippen molar-refractivity contribution in [3.05, 3.63) is 35.4 Å². The van der Waals surface area contributed by atoms with E-state index in [4.69, 9.17) is 13.9 Å². The molecule has 0 aliphatic carbocycles. The Kier molecular flexibility index (Phi) is 11.0. The zero-order valence-corrected chi connectivity index (χ0v) is 24.5. The van der Waals surface area contributed by atoms with E-state index in [1.165, 1.54) is 0 Å². The second-order valence-electron chi connectivity index (χ2n) is 12.7. The number of hydrogen-bond acceptors (Lipinski definition) is 4. The summed E-state index contributed by atoms with van der Waals surface area (Å²) in [6.07, 6.45) is 6.44. The van der Waals surface area contributed by atoms with Gasteiger partial charge >= 0.3 is 5.97 Å². The molecule has 1 fully saturated rings. The molecule has 1 aliphatic heterocycles. The highest BCUT2D eigenvalue weighted by atomic mass is 28.4. The van der Waals surface area contributed by atoms with Crippen LogP contribution < -0.4 is 0 Å². The number of carboxylic acid groups (broad SMARTS) is 1. The van der Waals surface area contributed by atoms with Gasteiger partial charge in [0.05, 0.1) is 12.0 Å². The summed E-state index contributed by atoms with van der Waals surface area (Å²) in [6, 6.07) is 8.26. The van der Waals surface area contributed by atoms with E-state index in [1.807, 2.05) is 12.1 Å². The Morgan fingerprint density at radius 1 is 1.20 bits per heavy atom. The SMILES string of the molecule is C[C@H](Cc1cccc(C(CCCC(C)(C)CO[Si](C)(C)C(C)(C)C)OC2CCCCO2)c1)C(=O)O. The van der Waals surface area contributed by atoms with Crippen LogP contribution in [0.1, 0.15) is 97.3 Å². The third-order valence-corrected chi connectivity index (χ3v) is 12.2. The molecule has 6 heteroatoms. The summed E-state index contributed by atoms with van der Waals surface area (Å²) in [7, 11) is -1.77. The van der Waals surface area contributed by atoms with Crippen molar-refractivity contribution >= 4 is 14.3 Å². The molecule has 0 bridgehead atoms. The molecule has 2 unspecified atom stereocenters. The number of hydrogen-bond donors (Lipinski definition) is 1. The third-order valence-electron chi connectivity index (χ3n) is 7.69. The maximum atomic E-state index is 11.3. The molecular formula is C29H50O5Si. The molecule has 1 aromatic carbocycles. The number of rotatable bonds is 13. The van der Waals surface area contributed by atoms with E-state index in [0.717, 1.165) is 62.9 Å². The monoisotopic (exact) mass is 506 g/mol. The van der Waals surface area contributed by atoms with E-state index in [2.05, 4.69) is 59.8 Å². The molecule has 5 nitrogen and oxygen atoms in total. The molecule has 3 atom stereocenters. The van der Waals surface area contributed by atoms with Gasteiger partial charge in [0.2, 0.25) is 0 Å². The highest BCUT2D eigenvalue weighted by Crippen LogP contribution is 2.39. The van der Waals surface area contributed by atoms with Crippen LogP contribution in [-0.4, -0.2) is 38.9 Å². The van der Waals surface area contributed by atoms with E-state index in [0.29, 0.717) is 6.42 Å². The average molecular weight is 507 g/mol. The number of carbonyl (C=O) groups is 1. The minimum atomic E-state index is -1.77. The molecule has 1 heterocycles. The Morgan fingerprint density at radius 3 is 2.51 bits per heavy atom. The molecule has 1 saturated heterocycles. The molecule has 0 saturated carbocycles. The topological polar surface area (TPSA) is 65.0 Å². The molecule has 200 valence electrons. The van der Waals surface area contributed by atoms with Crippen molar-refractivity contribution in [3.63, 3.8) is 0 Å². The molecule has 35 heavy (non-hydrogen) atoms. The lowest BCUT2D eigenvalue weighted by Crippen LogP contribution is -2.43. The zero-order chi connectivity index (χ0) is 26.3. The van der Waals surface area contributed by atoms with Crippen molar-refractivity contribution in [2.75, 3.05) is 13.2 Å². The number of aliphatic carboxylic acids is 1. The first-order valence-corrected chi connectivity index (χ1v) is 16.3. The van der Waals surface area contributed by atoms with Crippen LogP contribution in [0.3, 0.4) is 0 Å².